The Labute approximate surface area is 116 Å². The molecule has 0 bridgehead atoms. The molecule has 0 aromatic carbocycles. The molecule has 1 rings (SSSR count). The molecule has 6 nitrogen and oxygen atoms in total. The van der Waals surface area contributed by atoms with Gasteiger partial charge in [0.25, 0.3) is 0 Å². The first kappa shape index (κ1) is 16.3. The Morgan fingerprint density at radius 2 is 2.05 bits per heavy atom. The third kappa shape index (κ3) is 4.44. The van der Waals surface area contributed by atoms with Crippen LogP contribution in [0.1, 0.15) is 13.8 Å². The van der Waals surface area contributed by atoms with E-state index in [-0.39, 0.29) is 5.69 Å². The van der Waals surface area contributed by atoms with Crippen LogP contribution in [0.2, 0.25) is 0 Å². The number of hydrogen-bond donors (Lipinski definition) is 2. The number of carbonyl (C=O) groups is 2. The van der Waals surface area contributed by atoms with E-state index in [1.807, 2.05) is 0 Å². The zero-order valence-corrected chi connectivity index (χ0v) is 11.4. The number of carboxylic acids is 1. The first-order valence-corrected chi connectivity index (χ1v) is 6.30. The molecule has 1 heterocycles. The zero-order chi connectivity index (χ0) is 15.6. The van der Waals surface area contributed by atoms with Gasteiger partial charge in [-0.2, -0.15) is 18.3 Å². The predicted molar refractivity (Wildman–Crippen MR) is 66.3 cm³/mol. The number of nitrogens with one attached hydrogen (secondary N) is 1. The molecule has 0 spiro atoms. The van der Waals surface area contributed by atoms with Gasteiger partial charge in [0.05, 0.1) is 17.6 Å². The SMILES string of the molecule is CC(C)(C(=O)O)n1cc(NC(=O)CSC(F)(F)F)cn1. The fourth-order valence-corrected chi connectivity index (χ4v) is 1.50. The molecule has 1 amide bonds. The van der Waals surface area contributed by atoms with Gasteiger partial charge in [-0.05, 0) is 25.6 Å². The molecule has 10 heteroatoms. The predicted octanol–water partition coefficient (Wildman–Crippen LogP) is 1.89. The topological polar surface area (TPSA) is 84.2 Å². The van der Waals surface area contributed by atoms with E-state index in [0.717, 1.165) is 4.68 Å². The number of alkyl halides is 3. The summed E-state index contributed by atoms with van der Waals surface area (Å²) < 4.78 is 36.8. The number of amides is 1. The van der Waals surface area contributed by atoms with Crippen LogP contribution in [0.4, 0.5) is 18.9 Å². The fourth-order valence-electron chi connectivity index (χ4n) is 1.14. The molecule has 0 aliphatic carbocycles. The van der Waals surface area contributed by atoms with E-state index in [2.05, 4.69) is 10.4 Å². The molecule has 1 aromatic heterocycles. The first-order chi connectivity index (χ1) is 9.02. The van der Waals surface area contributed by atoms with Crippen LogP contribution >= 0.6 is 11.8 Å². The Balaban J connectivity index is 2.65. The number of anilines is 1. The Kier molecular flexibility index (Phi) is 4.69. The van der Waals surface area contributed by atoms with Gasteiger partial charge in [-0.25, -0.2) is 4.79 Å². The summed E-state index contributed by atoms with van der Waals surface area (Å²) in [6.07, 6.45) is 2.41. The Morgan fingerprint density at radius 1 is 1.45 bits per heavy atom. The zero-order valence-electron chi connectivity index (χ0n) is 10.6. The number of carboxylic acid groups (broad SMARTS) is 1. The van der Waals surface area contributed by atoms with Crippen molar-refractivity contribution in [3.8, 4) is 0 Å². The third-order valence-electron chi connectivity index (χ3n) is 2.33. The molecule has 0 fully saturated rings. The minimum absolute atomic E-state index is 0.132. The normalized spacial score (nSPS) is 12.2. The first-order valence-electron chi connectivity index (χ1n) is 5.31. The monoisotopic (exact) mass is 311 g/mol. The summed E-state index contributed by atoms with van der Waals surface area (Å²) in [6, 6.07) is 0. The van der Waals surface area contributed by atoms with Crippen LogP contribution in [0.5, 0.6) is 0 Å². The van der Waals surface area contributed by atoms with Crippen LogP contribution in [0.3, 0.4) is 0 Å². The lowest BCUT2D eigenvalue weighted by atomic mass is 10.1. The molecule has 0 aliphatic heterocycles. The van der Waals surface area contributed by atoms with E-state index in [0.29, 0.717) is 0 Å². The van der Waals surface area contributed by atoms with Gasteiger partial charge in [-0.15, -0.1) is 0 Å². The van der Waals surface area contributed by atoms with E-state index in [4.69, 9.17) is 5.11 Å². The molecule has 0 radical (unpaired) electrons. The summed E-state index contributed by atoms with van der Waals surface area (Å²) in [5, 5.41) is 15.0. The maximum absolute atomic E-state index is 11.9. The molecule has 0 aliphatic rings. The quantitative estimate of drug-likeness (QED) is 0.867. The van der Waals surface area contributed by atoms with Gasteiger partial charge < -0.3 is 10.4 Å². The molecular formula is C10H12F3N3O3S. The lowest BCUT2D eigenvalue weighted by Crippen LogP contribution is -2.35. The molecular weight excluding hydrogens is 299 g/mol. The Hall–Kier alpha value is -1.71. The molecule has 0 saturated heterocycles. The van der Waals surface area contributed by atoms with Crippen LogP contribution in [0, 0.1) is 0 Å². The van der Waals surface area contributed by atoms with E-state index in [1.54, 1.807) is 0 Å². The summed E-state index contributed by atoms with van der Waals surface area (Å²) in [6.45, 7) is 2.79. The van der Waals surface area contributed by atoms with Crippen molar-refractivity contribution in [2.75, 3.05) is 11.1 Å². The smallest absolute Gasteiger partial charge is 0.442 e. The van der Waals surface area contributed by atoms with Crippen molar-refractivity contribution < 1.29 is 27.9 Å². The van der Waals surface area contributed by atoms with E-state index < -0.39 is 40.4 Å². The van der Waals surface area contributed by atoms with Gasteiger partial charge in [0, 0.05) is 6.20 Å². The second-order valence-electron chi connectivity index (χ2n) is 4.32. The van der Waals surface area contributed by atoms with Gasteiger partial charge in [0.15, 0.2) is 5.54 Å². The lowest BCUT2D eigenvalue weighted by molar-refractivity contribution is -0.146. The van der Waals surface area contributed by atoms with Gasteiger partial charge >= 0.3 is 11.5 Å². The highest BCUT2D eigenvalue weighted by Gasteiger charge is 2.31. The molecule has 0 unspecified atom stereocenters. The number of aliphatic carboxylic acids is 1. The second kappa shape index (κ2) is 5.73. The summed E-state index contributed by atoms with van der Waals surface area (Å²) in [4.78, 5) is 22.3. The number of thioether (sulfide) groups is 1. The lowest BCUT2D eigenvalue weighted by Gasteiger charge is -2.19. The fraction of sp³-hybridized carbons (Fsp3) is 0.500. The van der Waals surface area contributed by atoms with Crippen LogP contribution in [-0.4, -0.2) is 38.0 Å². The molecule has 20 heavy (non-hydrogen) atoms. The van der Waals surface area contributed by atoms with Crippen molar-refractivity contribution in [1.82, 2.24) is 9.78 Å². The Morgan fingerprint density at radius 3 is 2.55 bits per heavy atom. The van der Waals surface area contributed by atoms with Crippen molar-refractivity contribution in [3.05, 3.63) is 12.4 Å². The minimum atomic E-state index is -4.48. The number of halogens is 3. The van der Waals surface area contributed by atoms with Crippen LogP contribution < -0.4 is 5.32 Å². The average molecular weight is 311 g/mol. The van der Waals surface area contributed by atoms with Crippen LogP contribution in [0.25, 0.3) is 0 Å². The molecule has 112 valence electrons. The van der Waals surface area contributed by atoms with E-state index in [1.165, 1.54) is 26.2 Å². The maximum atomic E-state index is 11.9. The number of nitrogens with zero attached hydrogens (tertiary/aromatic N) is 2. The van der Waals surface area contributed by atoms with Gasteiger partial charge in [0.2, 0.25) is 5.91 Å². The minimum Gasteiger partial charge on any atom is -0.479 e. The molecule has 2 N–H and O–H groups in total. The number of hydrogen-bond acceptors (Lipinski definition) is 4. The second-order valence-corrected chi connectivity index (χ2v) is 5.36. The largest absolute Gasteiger partial charge is 0.479 e. The van der Waals surface area contributed by atoms with Crippen LogP contribution in [0.15, 0.2) is 12.4 Å². The van der Waals surface area contributed by atoms with Crippen molar-refractivity contribution in [2.24, 2.45) is 0 Å². The Bertz CT molecular complexity index is 513. The van der Waals surface area contributed by atoms with E-state index >= 15 is 0 Å². The van der Waals surface area contributed by atoms with Crippen LogP contribution in [-0.2, 0) is 15.1 Å². The van der Waals surface area contributed by atoms with Gasteiger partial charge in [-0.1, -0.05) is 0 Å². The third-order valence-corrected chi connectivity index (χ3v) is 3.06. The number of aromatic nitrogens is 2. The summed E-state index contributed by atoms with van der Waals surface area (Å²) in [7, 11) is 0. The van der Waals surface area contributed by atoms with Gasteiger partial charge in [0.1, 0.15) is 0 Å². The molecule has 0 atom stereocenters. The number of rotatable bonds is 5. The van der Waals surface area contributed by atoms with Crippen molar-refractivity contribution in [1.29, 1.82) is 0 Å². The summed E-state index contributed by atoms with van der Waals surface area (Å²) >= 11 is -0.455. The average Bonchev–Trinajstić information content (AvgIpc) is 2.74. The highest BCUT2D eigenvalue weighted by molar-refractivity contribution is 8.00. The maximum Gasteiger partial charge on any atom is 0.442 e. The van der Waals surface area contributed by atoms with Crippen molar-refractivity contribution in [2.45, 2.75) is 24.9 Å². The van der Waals surface area contributed by atoms with E-state index in [9.17, 15) is 22.8 Å². The summed E-state index contributed by atoms with van der Waals surface area (Å²) in [5.41, 5.74) is -5.68. The number of carbonyl (C=O) groups excluding carboxylic acids is 1. The highest BCUT2D eigenvalue weighted by Crippen LogP contribution is 2.30. The summed E-state index contributed by atoms with van der Waals surface area (Å²) in [5.74, 6) is -2.76. The molecule has 1 aromatic rings. The van der Waals surface area contributed by atoms with Crippen molar-refractivity contribution in [3.63, 3.8) is 0 Å². The van der Waals surface area contributed by atoms with Crippen molar-refractivity contribution >= 4 is 29.3 Å². The molecule has 0 saturated carbocycles. The standard InChI is InChI=1S/C10H12F3N3O3S/c1-9(2,8(18)19)16-4-6(3-14-16)15-7(17)5-20-10(11,12)13/h3-4H,5H2,1-2H3,(H,15,17)(H,18,19). The van der Waals surface area contributed by atoms with Gasteiger partial charge in [-0.3, -0.25) is 9.48 Å². The highest BCUT2D eigenvalue weighted by atomic mass is 32.2.